The predicted molar refractivity (Wildman–Crippen MR) is 128 cm³/mol. The second kappa shape index (κ2) is 7.68. The summed E-state index contributed by atoms with van der Waals surface area (Å²) in [6.45, 7) is 0. The number of nitrogens with one attached hydrogen (secondary N) is 1. The van der Waals surface area contributed by atoms with E-state index < -0.39 is 0 Å². The third-order valence-corrected chi connectivity index (χ3v) is 6.07. The van der Waals surface area contributed by atoms with E-state index in [4.69, 9.17) is 11.1 Å². The van der Waals surface area contributed by atoms with Crippen LogP contribution >= 0.6 is 0 Å². The Morgan fingerprint density at radius 3 is 2.80 bits per heavy atom. The number of nitrogens with zero attached hydrogens (tertiary/aromatic N) is 1. The molecule has 5 rings (SSSR count). The van der Waals surface area contributed by atoms with Crippen LogP contribution in [0.25, 0.3) is 33.8 Å². The van der Waals surface area contributed by atoms with Gasteiger partial charge in [-0.25, -0.2) is 0 Å². The summed E-state index contributed by atoms with van der Waals surface area (Å²) in [5.74, 6) is 0. The summed E-state index contributed by atoms with van der Waals surface area (Å²) in [7, 11) is 0. The molecule has 2 aliphatic carbocycles. The summed E-state index contributed by atoms with van der Waals surface area (Å²) in [6, 6.07) is 15.4. The van der Waals surface area contributed by atoms with Crippen molar-refractivity contribution in [3.63, 3.8) is 0 Å². The van der Waals surface area contributed by atoms with Crippen LogP contribution in [0.5, 0.6) is 0 Å². The molecule has 1 heterocycles. The second-order valence-corrected chi connectivity index (χ2v) is 7.89. The van der Waals surface area contributed by atoms with E-state index in [0.717, 1.165) is 30.4 Å². The maximum Gasteiger partial charge on any atom is 0.0560 e. The summed E-state index contributed by atoms with van der Waals surface area (Å²) in [6.07, 6.45) is 19.5. The highest BCUT2D eigenvalue weighted by atomic mass is 15.0. The fourth-order valence-electron chi connectivity index (χ4n) is 4.63. The van der Waals surface area contributed by atoms with E-state index in [9.17, 15) is 0 Å². The van der Waals surface area contributed by atoms with Crippen molar-refractivity contribution in [3.05, 3.63) is 95.7 Å². The first-order valence-electron chi connectivity index (χ1n) is 10.5. The molecule has 0 saturated heterocycles. The van der Waals surface area contributed by atoms with Crippen molar-refractivity contribution in [1.82, 2.24) is 4.57 Å². The van der Waals surface area contributed by atoms with Gasteiger partial charge in [-0.2, -0.15) is 0 Å². The molecule has 3 heteroatoms. The third kappa shape index (κ3) is 3.13. The van der Waals surface area contributed by atoms with Crippen molar-refractivity contribution in [2.45, 2.75) is 25.3 Å². The van der Waals surface area contributed by atoms with Gasteiger partial charge in [0, 0.05) is 28.5 Å². The van der Waals surface area contributed by atoms with Gasteiger partial charge in [-0.15, -0.1) is 0 Å². The summed E-state index contributed by atoms with van der Waals surface area (Å²) in [5.41, 5.74) is 14.1. The van der Waals surface area contributed by atoms with E-state index in [1.807, 2.05) is 12.1 Å². The van der Waals surface area contributed by atoms with Crippen molar-refractivity contribution in [2.24, 2.45) is 5.73 Å². The van der Waals surface area contributed by atoms with Crippen molar-refractivity contribution in [1.29, 1.82) is 5.41 Å². The molecule has 0 aliphatic heterocycles. The first kappa shape index (κ1) is 18.4. The number of allylic oxidation sites excluding steroid dienone is 6. The van der Waals surface area contributed by atoms with Crippen LogP contribution in [0.1, 0.15) is 35.7 Å². The van der Waals surface area contributed by atoms with Gasteiger partial charge in [0.1, 0.15) is 0 Å². The van der Waals surface area contributed by atoms with Crippen LogP contribution in [-0.4, -0.2) is 10.8 Å². The van der Waals surface area contributed by atoms with Crippen molar-refractivity contribution < 1.29 is 0 Å². The zero-order chi connectivity index (χ0) is 20.5. The van der Waals surface area contributed by atoms with E-state index in [1.165, 1.54) is 33.9 Å². The molecule has 0 amide bonds. The molecular weight excluding hydrogens is 366 g/mol. The summed E-state index contributed by atoms with van der Waals surface area (Å²) < 4.78 is 2.51. The fourth-order valence-corrected chi connectivity index (χ4v) is 4.63. The summed E-state index contributed by atoms with van der Waals surface area (Å²) in [4.78, 5) is 0. The van der Waals surface area contributed by atoms with Crippen molar-refractivity contribution >= 4 is 28.9 Å². The minimum Gasteiger partial charge on any atom is -0.398 e. The standard InChI is InChI=1S/C27H25N3/c28-16-15-25(29)21-8-6-7-19(17-21)20-13-14-27-24(18-20)23-11-4-5-12-26(23)30(27)22-9-2-1-3-10-22/h1-3,5-9,12-18,22,28H,4,10-11,29H2. The molecule has 3 N–H and O–H groups in total. The number of hydrogen-bond donors (Lipinski definition) is 2. The predicted octanol–water partition coefficient (Wildman–Crippen LogP) is 6.27. The Kier molecular flexibility index (Phi) is 4.72. The molecule has 2 aromatic carbocycles. The Morgan fingerprint density at radius 1 is 1.07 bits per heavy atom. The smallest absolute Gasteiger partial charge is 0.0560 e. The number of hydrogen-bond acceptors (Lipinski definition) is 2. The first-order valence-corrected chi connectivity index (χ1v) is 10.5. The molecule has 0 radical (unpaired) electrons. The topological polar surface area (TPSA) is 54.8 Å². The molecule has 0 saturated carbocycles. The Hall–Kier alpha value is -3.59. The van der Waals surface area contributed by atoms with Gasteiger partial charge in [0.25, 0.3) is 0 Å². The average Bonchev–Trinajstić information content (AvgIpc) is 3.13. The largest absolute Gasteiger partial charge is 0.398 e. The molecule has 0 fully saturated rings. The van der Waals surface area contributed by atoms with Gasteiger partial charge in [0.05, 0.1) is 6.04 Å². The van der Waals surface area contributed by atoms with Crippen LogP contribution in [0.4, 0.5) is 0 Å². The van der Waals surface area contributed by atoms with Gasteiger partial charge in [0.2, 0.25) is 0 Å². The van der Waals surface area contributed by atoms with Gasteiger partial charge >= 0.3 is 0 Å². The normalized spacial score (nSPS) is 18.0. The highest BCUT2D eigenvalue weighted by molar-refractivity contribution is 5.93. The molecule has 1 unspecified atom stereocenters. The first-order chi connectivity index (χ1) is 14.8. The number of rotatable bonds is 4. The Balaban J connectivity index is 1.66. The quantitative estimate of drug-likeness (QED) is 0.506. The molecule has 0 spiro atoms. The molecule has 2 aliphatic rings. The SMILES string of the molecule is N=CC=C(N)c1cccc(-c2ccc3c(c2)c2c(n3C3C=CC=CC3)C=CCC2)c1. The molecule has 1 atom stereocenters. The lowest BCUT2D eigenvalue weighted by atomic mass is 9.97. The minimum atomic E-state index is 0.365. The van der Waals surface area contributed by atoms with Crippen molar-refractivity contribution in [3.8, 4) is 11.1 Å². The number of aromatic nitrogens is 1. The maximum atomic E-state index is 7.27. The zero-order valence-electron chi connectivity index (χ0n) is 16.9. The van der Waals surface area contributed by atoms with Crippen LogP contribution in [0.15, 0.2) is 78.9 Å². The lowest BCUT2D eigenvalue weighted by molar-refractivity contribution is 0.621. The summed E-state index contributed by atoms with van der Waals surface area (Å²) >= 11 is 0. The molecule has 3 nitrogen and oxygen atoms in total. The summed E-state index contributed by atoms with van der Waals surface area (Å²) in [5, 5.41) is 8.62. The van der Waals surface area contributed by atoms with Gasteiger partial charge in [0.15, 0.2) is 0 Å². The molecule has 0 bridgehead atoms. The van der Waals surface area contributed by atoms with E-state index in [2.05, 4.69) is 71.4 Å². The van der Waals surface area contributed by atoms with Gasteiger partial charge in [-0.3, -0.25) is 0 Å². The van der Waals surface area contributed by atoms with E-state index >= 15 is 0 Å². The Bertz CT molecular complexity index is 1250. The number of nitrogens with two attached hydrogens (primary N) is 1. The second-order valence-electron chi connectivity index (χ2n) is 7.89. The monoisotopic (exact) mass is 391 g/mol. The number of fused-ring (bicyclic) bond motifs is 3. The van der Waals surface area contributed by atoms with Crippen molar-refractivity contribution in [2.75, 3.05) is 0 Å². The lowest BCUT2D eigenvalue weighted by Gasteiger charge is -2.20. The molecular formula is C27H25N3. The van der Waals surface area contributed by atoms with Gasteiger partial charge < -0.3 is 15.7 Å². The lowest BCUT2D eigenvalue weighted by Crippen LogP contribution is -2.10. The molecule has 3 aromatic rings. The average molecular weight is 392 g/mol. The fraction of sp³-hybridized carbons (Fsp3) is 0.148. The zero-order valence-corrected chi connectivity index (χ0v) is 16.9. The van der Waals surface area contributed by atoms with E-state index in [1.54, 1.807) is 6.08 Å². The van der Waals surface area contributed by atoms with Crippen LogP contribution < -0.4 is 5.73 Å². The maximum absolute atomic E-state index is 7.27. The third-order valence-electron chi connectivity index (χ3n) is 6.07. The highest BCUT2D eigenvalue weighted by Gasteiger charge is 2.21. The van der Waals surface area contributed by atoms with Crippen LogP contribution in [0, 0.1) is 5.41 Å². The molecule has 1 aromatic heterocycles. The molecule has 30 heavy (non-hydrogen) atoms. The van der Waals surface area contributed by atoms with Crippen LogP contribution in [0.2, 0.25) is 0 Å². The Labute approximate surface area is 177 Å². The number of aryl methyl sites for hydroxylation is 1. The molecule has 148 valence electrons. The Morgan fingerprint density at radius 2 is 1.97 bits per heavy atom. The van der Waals surface area contributed by atoms with E-state index in [-0.39, 0.29) is 0 Å². The highest BCUT2D eigenvalue weighted by Crippen LogP contribution is 2.38. The number of benzene rings is 2. The minimum absolute atomic E-state index is 0.365. The van der Waals surface area contributed by atoms with Crippen LogP contribution in [0.3, 0.4) is 0 Å². The van der Waals surface area contributed by atoms with E-state index in [0.29, 0.717) is 11.7 Å². The van der Waals surface area contributed by atoms with Crippen LogP contribution in [-0.2, 0) is 6.42 Å². The van der Waals surface area contributed by atoms with Gasteiger partial charge in [-0.1, -0.05) is 54.6 Å². The van der Waals surface area contributed by atoms with Gasteiger partial charge in [-0.05, 0) is 71.9 Å².